The van der Waals surface area contributed by atoms with E-state index in [4.69, 9.17) is 0 Å². The molecule has 0 radical (unpaired) electrons. The van der Waals surface area contributed by atoms with Crippen molar-refractivity contribution in [3.8, 4) is 11.1 Å². The summed E-state index contributed by atoms with van der Waals surface area (Å²) in [5.41, 5.74) is 2.81. The molecule has 0 bridgehead atoms. The normalized spacial score (nSPS) is 12.4. The molecule has 0 aliphatic heterocycles. The Kier molecular flexibility index (Phi) is 4.69. The van der Waals surface area contributed by atoms with Gasteiger partial charge in [0.05, 0.1) is 0 Å². The van der Waals surface area contributed by atoms with Gasteiger partial charge in [0.15, 0.2) is 0 Å². The number of hydrogen-bond donors (Lipinski definition) is 1. The summed E-state index contributed by atoms with van der Waals surface area (Å²) in [7, 11) is 0. The van der Waals surface area contributed by atoms with E-state index < -0.39 is 0 Å². The van der Waals surface area contributed by atoms with E-state index >= 15 is 0 Å². The van der Waals surface area contributed by atoms with Crippen LogP contribution in [0.4, 0.5) is 4.39 Å². The fourth-order valence-corrected chi connectivity index (χ4v) is 2.36. The maximum absolute atomic E-state index is 13.8. The molecule has 1 nitrogen and oxygen atoms in total. The van der Waals surface area contributed by atoms with Gasteiger partial charge in [-0.25, -0.2) is 4.39 Å². The van der Waals surface area contributed by atoms with Crippen LogP contribution in [0, 0.1) is 5.82 Å². The average molecular weight is 257 g/mol. The first kappa shape index (κ1) is 13.8. The first-order valence-corrected chi connectivity index (χ1v) is 6.84. The lowest BCUT2D eigenvalue weighted by Gasteiger charge is -2.17. The van der Waals surface area contributed by atoms with Gasteiger partial charge in [0.2, 0.25) is 0 Å². The minimum absolute atomic E-state index is 0.170. The molecule has 0 aromatic heterocycles. The van der Waals surface area contributed by atoms with E-state index in [1.165, 1.54) is 11.6 Å². The van der Waals surface area contributed by atoms with E-state index in [0.29, 0.717) is 11.6 Å². The van der Waals surface area contributed by atoms with E-state index in [9.17, 15) is 4.39 Å². The fourth-order valence-electron chi connectivity index (χ4n) is 2.36. The minimum atomic E-state index is -0.170. The molecule has 1 N–H and O–H groups in total. The highest BCUT2D eigenvalue weighted by Gasteiger charge is 2.10. The van der Waals surface area contributed by atoms with Gasteiger partial charge in [-0.3, -0.25) is 0 Å². The second-order valence-electron chi connectivity index (χ2n) is 4.62. The molecular weight excluding hydrogens is 237 g/mol. The number of rotatable bonds is 5. The van der Waals surface area contributed by atoms with Crippen LogP contribution in [-0.4, -0.2) is 6.54 Å². The predicted molar refractivity (Wildman–Crippen MR) is 78.5 cm³/mol. The number of halogens is 1. The summed E-state index contributed by atoms with van der Waals surface area (Å²) < 4.78 is 13.8. The summed E-state index contributed by atoms with van der Waals surface area (Å²) in [6.45, 7) is 5.19. The maximum Gasteiger partial charge on any atom is 0.131 e. The van der Waals surface area contributed by atoms with Gasteiger partial charge in [-0.15, -0.1) is 0 Å². The molecule has 1 atom stereocenters. The van der Waals surface area contributed by atoms with Crippen LogP contribution in [0.5, 0.6) is 0 Å². The Morgan fingerprint density at radius 2 is 1.84 bits per heavy atom. The average Bonchev–Trinajstić information content (AvgIpc) is 2.45. The van der Waals surface area contributed by atoms with Gasteiger partial charge in [-0.05, 0) is 36.2 Å². The van der Waals surface area contributed by atoms with Crippen LogP contribution < -0.4 is 5.32 Å². The second kappa shape index (κ2) is 6.48. The lowest BCUT2D eigenvalue weighted by atomic mass is 9.98. The first-order chi connectivity index (χ1) is 9.26. The Hall–Kier alpha value is -1.67. The summed E-state index contributed by atoms with van der Waals surface area (Å²) in [6, 6.07) is 15.4. The molecule has 19 heavy (non-hydrogen) atoms. The first-order valence-electron chi connectivity index (χ1n) is 6.84. The van der Waals surface area contributed by atoms with Gasteiger partial charge >= 0.3 is 0 Å². The molecule has 0 spiro atoms. The number of benzene rings is 2. The number of hydrogen-bond acceptors (Lipinski definition) is 1. The smallest absolute Gasteiger partial charge is 0.131 e. The van der Waals surface area contributed by atoms with Gasteiger partial charge in [0.25, 0.3) is 0 Å². The molecular formula is C17H20FN. The molecule has 0 fully saturated rings. The van der Waals surface area contributed by atoms with Crippen LogP contribution >= 0.6 is 0 Å². The Bertz CT molecular complexity index is 536. The van der Waals surface area contributed by atoms with Crippen LogP contribution in [0.15, 0.2) is 48.5 Å². The van der Waals surface area contributed by atoms with Crippen LogP contribution in [0.1, 0.15) is 31.9 Å². The highest BCUT2D eigenvalue weighted by Crippen LogP contribution is 2.26. The van der Waals surface area contributed by atoms with Crippen molar-refractivity contribution >= 4 is 0 Å². The molecule has 0 aliphatic rings. The van der Waals surface area contributed by atoms with Crippen molar-refractivity contribution in [2.24, 2.45) is 0 Å². The Balaban J connectivity index is 2.36. The topological polar surface area (TPSA) is 12.0 Å². The van der Waals surface area contributed by atoms with Gasteiger partial charge in [-0.2, -0.15) is 0 Å². The third kappa shape index (κ3) is 3.21. The molecule has 2 aromatic rings. The SMILES string of the molecule is CCNC(CC)c1cccc(-c2ccccc2F)c1. The second-order valence-corrected chi connectivity index (χ2v) is 4.62. The quantitative estimate of drug-likeness (QED) is 0.828. The van der Waals surface area contributed by atoms with E-state index in [1.807, 2.05) is 24.3 Å². The van der Waals surface area contributed by atoms with E-state index in [1.54, 1.807) is 6.07 Å². The van der Waals surface area contributed by atoms with Crippen molar-refractivity contribution in [1.29, 1.82) is 0 Å². The van der Waals surface area contributed by atoms with Crippen molar-refractivity contribution in [3.05, 3.63) is 59.9 Å². The Morgan fingerprint density at radius 1 is 1.05 bits per heavy atom. The van der Waals surface area contributed by atoms with Crippen molar-refractivity contribution in [1.82, 2.24) is 5.32 Å². The highest BCUT2D eigenvalue weighted by molar-refractivity contribution is 5.64. The van der Waals surface area contributed by atoms with Crippen molar-refractivity contribution in [2.45, 2.75) is 26.3 Å². The summed E-state index contributed by atoms with van der Waals surface area (Å²) >= 11 is 0. The largest absolute Gasteiger partial charge is 0.310 e. The van der Waals surface area contributed by atoms with E-state index in [0.717, 1.165) is 18.5 Å². The summed E-state index contributed by atoms with van der Waals surface area (Å²) in [5, 5.41) is 3.45. The molecule has 0 saturated heterocycles. The highest BCUT2D eigenvalue weighted by atomic mass is 19.1. The zero-order valence-corrected chi connectivity index (χ0v) is 11.5. The lowest BCUT2D eigenvalue weighted by molar-refractivity contribution is 0.537. The molecule has 2 aromatic carbocycles. The van der Waals surface area contributed by atoms with Crippen LogP contribution in [0.25, 0.3) is 11.1 Å². The minimum Gasteiger partial charge on any atom is -0.310 e. The van der Waals surface area contributed by atoms with Crippen molar-refractivity contribution < 1.29 is 4.39 Å². The summed E-state index contributed by atoms with van der Waals surface area (Å²) in [4.78, 5) is 0. The molecule has 2 heteroatoms. The van der Waals surface area contributed by atoms with Crippen LogP contribution in [0.2, 0.25) is 0 Å². The molecule has 100 valence electrons. The number of nitrogens with one attached hydrogen (secondary N) is 1. The lowest BCUT2D eigenvalue weighted by Crippen LogP contribution is -2.19. The Morgan fingerprint density at radius 3 is 2.53 bits per heavy atom. The monoisotopic (exact) mass is 257 g/mol. The molecule has 0 saturated carbocycles. The zero-order chi connectivity index (χ0) is 13.7. The van der Waals surface area contributed by atoms with Gasteiger partial charge in [0, 0.05) is 11.6 Å². The maximum atomic E-state index is 13.8. The summed E-state index contributed by atoms with van der Waals surface area (Å²) in [6.07, 6.45) is 1.02. The van der Waals surface area contributed by atoms with Crippen molar-refractivity contribution in [2.75, 3.05) is 6.54 Å². The molecule has 0 aliphatic carbocycles. The zero-order valence-electron chi connectivity index (χ0n) is 11.5. The van der Waals surface area contributed by atoms with E-state index in [-0.39, 0.29) is 5.82 Å². The summed E-state index contributed by atoms with van der Waals surface area (Å²) in [5.74, 6) is -0.170. The third-order valence-corrected chi connectivity index (χ3v) is 3.33. The molecule has 0 heterocycles. The van der Waals surface area contributed by atoms with Gasteiger partial charge in [0.1, 0.15) is 5.82 Å². The predicted octanol–water partition coefficient (Wildman–Crippen LogP) is 4.55. The molecule has 0 amide bonds. The van der Waals surface area contributed by atoms with Crippen molar-refractivity contribution in [3.63, 3.8) is 0 Å². The van der Waals surface area contributed by atoms with E-state index in [2.05, 4.69) is 31.3 Å². The fraction of sp³-hybridized carbons (Fsp3) is 0.294. The van der Waals surface area contributed by atoms with Crippen LogP contribution in [0.3, 0.4) is 0 Å². The van der Waals surface area contributed by atoms with Gasteiger partial charge < -0.3 is 5.32 Å². The van der Waals surface area contributed by atoms with Crippen LogP contribution in [-0.2, 0) is 0 Å². The standard InChI is InChI=1S/C17H20FN/c1-3-17(19-4-2)14-9-7-8-13(12-14)15-10-5-6-11-16(15)18/h5-12,17,19H,3-4H2,1-2H3. The molecule has 1 unspecified atom stereocenters. The Labute approximate surface area is 114 Å². The van der Waals surface area contributed by atoms with Gasteiger partial charge in [-0.1, -0.05) is 50.2 Å². The molecule has 2 rings (SSSR count). The third-order valence-electron chi connectivity index (χ3n) is 3.33.